The molecule has 2 rings (SSSR count). The second-order valence-corrected chi connectivity index (χ2v) is 5.95. The van der Waals surface area contributed by atoms with Crippen molar-refractivity contribution in [2.24, 2.45) is 0 Å². The van der Waals surface area contributed by atoms with E-state index < -0.39 is 0 Å². The fourth-order valence-corrected chi connectivity index (χ4v) is 3.33. The molecular formula is C13H12Cl2N2S. The molecule has 5 heteroatoms. The quantitative estimate of drug-likeness (QED) is 0.741. The fraction of sp³-hybridized carbons (Fsp3) is 0.231. The molecule has 1 heterocycles. The Kier molecular flexibility index (Phi) is 4.49. The summed E-state index contributed by atoms with van der Waals surface area (Å²) >= 11 is 13.7. The molecule has 18 heavy (non-hydrogen) atoms. The second kappa shape index (κ2) is 5.91. The predicted octanol–water partition coefficient (Wildman–Crippen LogP) is 5.06. The van der Waals surface area contributed by atoms with Crippen molar-refractivity contribution in [3.05, 3.63) is 46.3 Å². The molecular weight excluding hydrogens is 287 g/mol. The van der Waals surface area contributed by atoms with Crippen LogP contribution in [0.4, 0.5) is 0 Å². The summed E-state index contributed by atoms with van der Waals surface area (Å²) in [7, 11) is 0. The molecule has 0 atom stereocenters. The maximum absolute atomic E-state index is 6.13. The summed E-state index contributed by atoms with van der Waals surface area (Å²) < 4.78 is 0. The minimum Gasteiger partial charge on any atom is -0.229 e. The summed E-state index contributed by atoms with van der Waals surface area (Å²) in [5.41, 5.74) is 0.976. The Balaban J connectivity index is 2.37. The van der Waals surface area contributed by atoms with Gasteiger partial charge in [-0.25, -0.2) is 9.97 Å². The van der Waals surface area contributed by atoms with E-state index in [9.17, 15) is 0 Å². The van der Waals surface area contributed by atoms with Crippen molar-refractivity contribution >= 4 is 35.0 Å². The minimum atomic E-state index is 0.278. The van der Waals surface area contributed by atoms with Crippen LogP contribution >= 0.6 is 35.0 Å². The molecule has 0 N–H and O–H groups in total. The van der Waals surface area contributed by atoms with Crippen LogP contribution in [0.1, 0.15) is 25.3 Å². The summed E-state index contributed by atoms with van der Waals surface area (Å²) in [6, 6.07) is 7.67. The van der Waals surface area contributed by atoms with Gasteiger partial charge in [0.15, 0.2) is 0 Å². The Hall–Kier alpha value is -0.770. The third-order valence-corrected chi connectivity index (χ3v) is 3.93. The van der Waals surface area contributed by atoms with Gasteiger partial charge in [-0.2, -0.15) is 0 Å². The molecule has 2 nitrogen and oxygen atoms in total. The maximum Gasteiger partial charge on any atom is 0.137 e. The lowest BCUT2D eigenvalue weighted by Crippen LogP contribution is -1.97. The van der Waals surface area contributed by atoms with Crippen LogP contribution in [0.2, 0.25) is 10.2 Å². The normalized spacial score (nSPS) is 10.9. The first-order valence-corrected chi connectivity index (χ1v) is 7.09. The molecule has 0 spiro atoms. The summed E-state index contributed by atoms with van der Waals surface area (Å²) in [5, 5.41) is 2.11. The zero-order chi connectivity index (χ0) is 13.1. The number of hydrogen-bond donors (Lipinski definition) is 0. The first-order chi connectivity index (χ1) is 8.58. The fourth-order valence-electron chi connectivity index (χ4n) is 1.57. The van der Waals surface area contributed by atoms with Gasteiger partial charge in [0, 0.05) is 15.5 Å². The van der Waals surface area contributed by atoms with Crippen LogP contribution in [0.3, 0.4) is 0 Å². The van der Waals surface area contributed by atoms with Gasteiger partial charge in [0.1, 0.15) is 16.5 Å². The number of rotatable bonds is 3. The first-order valence-electron chi connectivity index (χ1n) is 5.51. The molecule has 1 aromatic carbocycles. The lowest BCUT2D eigenvalue weighted by molar-refractivity contribution is 0.803. The van der Waals surface area contributed by atoms with Gasteiger partial charge in [-0.05, 0) is 24.1 Å². The molecule has 0 aliphatic heterocycles. The lowest BCUT2D eigenvalue weighted by atomic mass is 10.1. The van der Waals surface area contributed by atoms with Gasteiger partial charge in [0.2, 0.25) is 0 Å². The minimum absolute atomic E-state index is 0.278. The van der Waals surface area contributed by atoms with Crippen molar-refractivity contribution in [3.63, 3.8) is 0 Å². The Bertz CT molecular complexity index is 558. The SMILES string of the molecule is CC(C)c1c(Cl)ncnc1Sc1cccc(Cl)c1. The second-order valence-electron chi connectivity index (χ2n) is 4.10. The number of halogens is 2. The van der Waals surface area contributed by atoms with E-state index in [0.29, 0.717) is 10.2 Å². The molecule has 0 fully saturated rings. The van der Waals surface area contributed by atoms with E-state index in [1.54, 1.807) is 11.8 Å². The molecule has 94 valence electrons. The third kappa shape index (κ3) is 3.16. The van der Waals surface area contributed by atoms with Gasteiger partial charge in [-0.1, -0.05) is 54.9 Å². The van der Waals surface area contributed by atoms with Crippen molar-refractivity contribution in [1.29, 1.82) is 0 Å². The zero-order valence-electron chi connectivity index (χ0n) is 10.0. The first kappa shape index (κ1) is 13.7. The summed E-state index contributed by atoms with van der Waals surface area (Å²) in [5.74, 6) is 0.278. The molecule has 1 aromatic heterocycles. The van der Waals surface area contributed by atoms with E-state index in [0.717, 1.165) is 15.5 Å². The summed E-state index contributed by atoms with van der Waals surface area (Å²) in [4.78, 5) is 9.39. The molecule has 0 aliphatic rings. The predicted molar refractivity (Wildman–Crippen MR) is 76.7 cm³/mol. The molecule has 0 unspecified atom stereocenters. The molecule has 0 aliphatic carbocycles. The van der Waals surface area contributed by atoms with Gasteiger partial charge < -0.3 is 0 Å². The van der Waals surface area contributed by atoms with Crippen LogP contribution in [-0.4, -0.2) is 9.97 Å². The molecule has 0 saturated carbocycles. The Morgan fingerprint density at radius 1 is 1.17 bits per heavy atom. The van der Waals surface area contributed by atoms with Gasteiger partial charge in [-0.15, -0.1) is 0 Å². The number of benzene rings is 1. The van der Waals surface area contributed by atoms with Crippen LogP contribution in [0.15, 0.2) is 40.5 Å². The van der Waals surface area contributed by atoms with Crippen LogP contribution in [0.25, 0.3) is 0 Å². The zero-order valence-corrected chi connectivity index (χ0v) is 12.4. The lowest BCUT2D eigenvalue weighted by Gasteiger charge is -2.12. The van der Waals surface area contributed by atoms with E-state index in [4.69, 9.17) is 23.2 Å². The maximum atomic E-state index is 6.13. The van der Waals surface area contributed by atoms with E-state index in [-0.39, 0.29) is 5.92 Å². The van der Waals surface area contributed by atoms with Crippen molar-refractivity contribution < 1.29 is 0 Å². The Morgan fingerprint density at radius 3 is 2.61 bits per heavy atom. The van der Waals surface area contributed by atoms with Crippen molar-refractivity contribution in [3.8, 4) is 0 Å². The number of nitrogens with zero attached hydrogens (tertiary/aromatic N) is 2. The topological polar surface area (TPSA) is 25.8 Å². The summed E-state index contributed by atoms with van der Waals surface area (Å²) in [6.45, 7) is 4.15. The van der Waals surface area contributed by atoms with Crippen LogP contribution in [0, 0.1) is 0 Å². The Morgan fingerprint density at radius 2 is 1.94 bits per heavy atom. The van der Waals surface area contributed by atoms with Crippen molar-refractivity contribution in [1.82, 2.24) is 9.97 Å². The molecule has 0 bridgehead atoms. The van der Waals surface area contributed by atoms with Gasteiger partial charge in [-0.3, -0.25) is 0 Å². The third-order valence-electron chi connectivity index (χ3n) is 2.39. The van der Waals surface area contributed by atoms with Gasteiger partial charge in [0.05, 0.1) is 0 Å². The van der Waals surface area contributed by atoms with Crippen LogP contribution in [-0.2, 0) is 0 Å². The van der Waals surface area contributed by atoms with E-state index in [1.807, 2.05) is 24.3 Å². The highest BCUT2D eigenvalue weighted by atomic mass is 35.5. The highest BCUT2D eigenvalue weighted by Crippen LogP contribution is 2.35. The van der Waals surface area contributed by atoms with E-state index >= 15 is 0 Å². The van der Waals surface area contributed by atoms with E-state index in [2.05, 4.69) is 23.8 Å². The Labute approximate surface area is 121 Å². The average Bonchev–Trinajstić information content (AvgIpc) is 2.28. The van der Waals surface area contributed by atoms with Gasteiger partial charge in [0.25, 0.3) is 0 Å². The van der Waals surface area contributed by atoms with Crippen LogP contribution in [0.5, 0.6) is 0 Å². The smallest absolute Gasteiger partial charge is 0.137 e. The molecule has 0 radical (unpaired) electrons. The van der Waals surface area contributed by atoms with Crippen molar-refractivity contribution in [2.45, 2.75) is 29.7 Å². The van der Waals surface area contributed by atoms with Crippen molar-refractivity contribution in [2.75, 3.05) is 0 Å². The molecule has 2 aromatic rings. The number of aromatic nitrogens is 2. The van der Waals surface area contributed by atoms with Crippen LogP contribution < -0.4 is 0 Å². The monoisotopic (exact) mass is 298 g/mol. The van der Waals surface area contributed by atoms with E-state index in [1.165, 1.54) is 6.33 Å². The largest absolute Gasteiger partial charge is 0.229 e. The average molecular weight is 299 g/mol. The molecule has 0 saturated heterocycles. The molecule has 0 amide bonds. The highest BCUT2D eigenvalue weighted by Gasteiger charge is 2.14. The van der Waals surface area contributed by atoms with Gasteiger partial charge >= 0.3 is 0 Å². The summed E-state index contributed by atoms with van der Waals surface area (Å²) in [6.07, 6.45) is 1.49. The standard InChI is InChI=1S/C13H12Cl2N2S/c1-8(2)11-12(15)16-7-17-13(11)18-10-5-3-4-9(14)6-10/h3-8H,1-2H3. The highest BCUT2D eigenvalue weighted by molar-refractivity contribution is 7.99. The number of hydrogen-bond acceptors (Lipinski definition) is 3.